The fraction of sp³-hybridized carbons (Fsp3) is 0.393. The summed E-state index contributed by atoms with van der Waals surface area (Å²) in [4.78, 5) is 30.4. The highest BCUT2D eigenvalue weighted by molar-refractivity contribution is 7.15. The summed E-state index contributed by atoms with van der Waals surface area (Å²) in [5.74, 6) is 0.585. The SMILES string of the molecule is CC(=O)N(O)C/C=C/c1ccc(C2=N[C@@H](CC(=O)OC(C)(C)C)c3nnc(C)n3-c3sc(C)c(C)c32)cc1. The van der Waals surface area contributed by atoms with E-state index in [1.54, 1.807) is 17.4 Å². The van der Waals surface area contributed by atoms with E-state index in [2.05, 4.69) is 24.0 Å². The Labute approximate surface area is 226 Å². The Morgan fingerprint density at radius 2 is 1.84 bits per heavy atom. The number of nitrogens with zero attached hydrogens (tertiary/aromatic N) is 5. The van der Waals surface area contributed by atoms with Gasteiger partial charge in [0.2, 0.25) is 5.91 Å². The molecule has 0 spiro atoms. The van der Waals surface area contributed by atoms with Crippen LogP contribution in [0.3, 0.4) is 0 Å². The van der Waals surface area contributed by atoms with Crippen LogP contribution >= 0.6 is 11.3 Å². The molecule has 10 heteroatoms. The van der Waals surface area contributed by atoms with Gasteiger partial charge in [-0.25, -0.2) is 5.06 Å². The second kappa shape index (κ2) is 10.6. The van der Waals surface area contributed by atoms with Crippen molar-refractivity contribution in [3.8, 4) is 5.00 Å². The molecule has 200 valence electrons. The maximum atomic E-state index is 12.9. The zero-order chi connectivity index (χ0) is 27.8. The fourth-order valence-corrected chi connectivity index (χ4v) is 5.45. The zero-order valence-corrected chi connectivity index (χ0v) is 23.6. The number of rotatable bonds is 6. The normalized spacial score (nSPS) is 15.1. The van der Waals surface area contributed by atoms with Gasteiger partial charge >= 0.3 is 5.97 Å². The van der Waals surface area contributed by atoms with E-state index in [0.717, 1.165) is 38.8 Å². The lowest BCUT2D eigenvalue weighted by Crippen LogP contribution is -2.25. The molecule has 9 nitrogen and oxygen atoms in total. The van der Waals surface area contributed by atoms with Crippen LogP contribution in [0, 0.1) is 20.8 Å². The molecule has 0 bridgehead atoms. The number of carbonyl (C=O) groups is 2. The van der Waals surface area contributed by atoms with Crippen LogP contribution in [-0.2, 0) is 14.3 Å². The second-order valence-electron chi connectivity index (χ2n) is 10.3. The quantitative estimate of drug-likeness (QED) is 0.266. The first-order valence-electron chi connectivity index (χ1n) is 12.4. The number of carbonyl (C=O) groups excluding carboxylic acids is 2. The van der Waals surface area contributed by atoms with E-state index in [-0.39, 0.29) is 18.9 Å². The first-order valence-corrected chi connectivity index (χ1v) is 13.2. The first kappa shape index (κ1) is 27.4. The summed E-state index contributed by atoms with van der Waals surface area (Å²) >= 11 is 1.66. The lowest BCUT2D eigenvalue weighted by Gasteiger charge is -2.21. The van der Waals surface area contributed by atoms with Gasteiger partial charge in [-0.05, 0) is 52.7 Å². The number of ether oxygens (including phenoxy) is 1. The summed E-state index contributed by atoms with van der Waals surface area (Å²) in [5, 5.41) is 20.0. The highest BCUT2D eigenvalue weighted by atomic mass is 32.1. The van der Waals surface area contributed by atoms with E-state index >= 15 is 0 Å². The molecule has 3 heterocycles. The minimum atomic E-state index is -0.606. The number of hydrogen-bond acceptors (Lipinski definition) is 8. The van der Waals surface area contributed by atoms with Crippen LogP contribution in [0.15, 0.2) is 35.3 Å². The van der Waals surface area contributed by atoms with Crippen LogP contribution in [0.1, 0.15) is 78.9 Å². The summed E-state index contributed by atoms with van der Waals surface area (Å²) in [6.07, 6.45) is 3.60. The Bertz CT molecular complexity index is 1430. The molecule has 0 fully saturated rings. The molecule has 0 saturated carbocycles. The van der Waals surface area contributed by atoms with Crippen LogP contribution in [0.5, 0.6) is 0 Å². The minimum absolute atomic E-state index is 0.0422. The summed E-state index contributed by atoms with van der Waals surface area (Å²) in [7, 11) is 0. The molecule has 2 aromatic heterocycles. The smallest absolute Gasteiger partial charge is 0.308 e. The molecular formula is C28H33N5O4S. The Morgan fingerprint density at radius 1 is 1.16 bits per heavy atom. The third-order valence-corrected chi connectivity index (χ3v) is 7.35. The summed E-state index contributed by atoms with van der Waals surface area (Å²) in [5.41, 5.74) is 4.12. The standard InChI is InChI=1S/C28H33N5O4S/c1-16-17(2)38-27-24(16)25(21-12-10-20(11-13-21)9-8-14-32(36)19(4)34)29-22(15-23(35)37-28(5,6)7)26-31-30-18(3)33(26)27/h8-13,22,36H,14-15H2,1-7H3/b9-8+/t22-/m0/s1. The van der Waals surface area contributed by atoms with Crippen LogP contribution < -0.4 is 0 Å². The number of aromatic nitrogens is 3. The van der Waals surface area contributed by atoms with Crippen molar-refractivity contribution in [3.05, 3.63) is 69.1 Å². The first-order chi connectivity index (χ1) is 17.9. The van der Waals surface area contributed by atoms with E-state index in [1.807, 2.05) is 62.6 Å². The van der Waals surface area contributed by atoms with E-state index in [0.29, 0.717) is 10.9 Å². The molecule has 0 unspecified atom stereocenters. The van der Waals surface area contributed by atoms with Crippen molar-refractivity contribution in [2.75, 3.05) is 6.54 Å². The third kappa shape index (κ3) is 5.76. The highest BCUT2D eigenvalue weighted by Gasteiger charge is 2.33. The maximum absolute atomic E-state index is 12.9. The maximum Gasteiger partial charge on any atom is 0.308 e. The molecule has 1 aliphatic heterocycles. The van der Waals surface area contributed by atoms with Crippen molar-refractivity contribution < 1.29 is 19.5 Å². The van der Waals surface area contributed by atoms with Gasteiger partial charge < -0.3 is 4.74 Å². The molecule has 0 aliphatic carbocycles. The number of hydrogen-bond donors (Lipinski definition) is 1. The van der Waals surface area contributed by atoms with Gasteiger partial charge in [0.25, 0.3) is 0 Å². The number of thiophene rings is 1. The Balaban J connectivity index is 1.76. The molecular weight excluding hydrogens is 502 g/mol. The van der Waals surface area contributed by atoms with Gasteiger partial charge in [0.15, 0.2) is 5.82 Å². The Kier molecular flexibility index (Phi) is 7.66. The number of hydroxylamine groups is 2. The number of benzene rings is 1. The van der Waals surface area contributed by atoms with Crippen LogP contribution in [-0.4, -0.2) is 54.8 Å². The molecule has 1 amide bonds. The van der Waals surface area contributed by atoms with Gasteiger partial charge in [0.05, 0.1) is 18.7 Å². The van der Waals surface area contributed by atoms with Gasteiger partial charge in [-0.15, -0.1) is 21.5 Å². The van der Waals surface area contributed by atoms with Crippen LogP contribution in [0.2, 0.25) is 0 Å². The van der Waals surface area contributed by atoms with Crippen LogP contribution in [0.25, 0.3) is 11.1 Å². The van der Waals surface area contributed by atoms with Crippen molar-refractivity contribution in [1.29, 1.82) is 0 Å². The average molecular weight is 536 g/mol. The molecule has 1 aromatic carbocycles. The summed E-state index contributed by atoms with van der Waals surface area (Å²) < 4.78 is 7.63. The van der Waals surface area contributed by atoms with Crippen molar-refractivity contribution >= 4 is 35.0 Å². The van der Waals surface area contributed by atoms with E-state index in [9.17, 15) is 14.8 Å². The average Bonchev–Trinajstić information content (AvgIpc) is 3.30. The topological polar surface area (TPSA) is 110 Å². The van der Waals surface area contributed by atoms with Gasteiger partial charge in [-0.1, -0.05) is 36.4 Å². The molecule has 0 radical (unpaired) electrons. The van der Waals surface area contributed by atoms with Crippen molar-refractivity contribution in [3.63, 3.8) is 0 Å². The Morgan fingerprint density at radius 3 is 2.47 bits per heavy atom. The zero-order valence-electron chi connectivity index (χ0n) is 22.8. The van der Waals surface area contributed by atoms with E-state index in [1.165, 1.54) is 11.8 Å². The minimum Gasteiger partial charge on any atom is -0.460 e. The number of amides is 1. The lowest BCUT2D eigenvalue weighted by molar-refractivity contribution is -0.160. The van der Waals surface area contributed by atoms with Crippen molar-refractivity contribution in [2.45, 2.75) is 66.5 Å². The predicted molar refractivity (Wildman–Crippen MR) is 147 cm³/mol. The monoisotopic (exact) mass is 535 g/mol. The third-order valence-electron chi connectivity index (χ3n) is 6.16. The lowest BCUT2D eigenvalue weighted by atomic mass is 9.98. The molecule has 4 rings (SSSR count). The highest BCUT2D eigenvalue weighted by Crippen LogP contribution is 2.39. The van der Waals surface area contributed by atoms with Crippen molar-refractivity contribution in [2.24, 2.45) is 4.99 Å². The van der Waals surface area contributed by atoms with Crippen LogP contribution in [0.4, 0.5) is 0 Å². The van der Waals surface area contributed by atoms with Gasteiger partial charge in [0, 0.05) is 22.9 Å². The number of aryl methyl sites for hydroxylation is 2. The summed E-state index contributed by atoms with van der Waals surface area (Å²) in [6.45, 7) is 13.0. The molecule has 1 atom stereocenters. The predicted octanol–water partition coefficient (Wildman–Crippen LogP) is 5.13. The Hall–Kier alpha value is -3.63. The van der Waals surface area contributed by atoms with Gasteiger partial charge in [-0.2, -0.15) is 0 Å². The van der Waals surface area contributed by atoms with E-state index in [4.69, 9.17) is 9.73 Å². The molecule has 3 aromatic rings. The molecule has 1 aliphatic rings. The number of esters is 1. The summed E-state index contributed by atoms with van der Waals surface area (Å²) in [6, 6.07) is 7.32. The van der Waals surface area contributed by atoms with Gasteiger partial charge in [0.1, 0.15) is 22.5 Å². The van der Waals surface area contributed by atoms with Crippen molar-refractivity contribution in [1.82, 2.24) is 19.8 Å². The molecule has 0 saturated heterocycles. The fourth-order valence-electron chi connectivity index (χ4n) is 4.24. The van der Waals surface area contributed by atoms with Gasteiger partial charge in [-0.3, -0.25) is 24.4 Å². The molecule has 38 heavy (non-hydrogen) atoms. The van der Waals surface area contributed by atoms with E-state index < -0.39 is 17.6 Å². The number of fused-ring (bicyclic) bond motifs is 3. The second-order valence-corrected chi connectivity index (χ2v) is 11.5. The largest absolute Gasteiger partial charge is 0.460 e. The number of aliphatic imine (C=N–C) groups is 1. The molecule has 1 N–H and O–H groups in total.